The van der Waals surface area contributed by atoms with E-state index in [-0.39, 0.29) is 25.2 Å². The van der Waals surface area contributed by atoms with Gasteiger partial charge >= 0.3 is 0 Å². The lowest BCUT2D eigenvalue weighted by Crippen LogP contribution is -2.35. The summed E-state index contributed by atoms with van der Waals surface area (Å²) in [5, 5.41) is 26.6. The molecule has 1 aromatic carbocycles. The van der Waals surface area contributed by atoms with Gasteiger partial charge in [0.2, 0.25) is 5.88 Å². The predicted octanol–water partition coefficient (Wildman–Crippen LogP) is 2.62. The topological polar surface area (TPSA) is 128 Å². The highest BCUT2D eigenvalue weighted by molar-refractivity contribution is 5.97. The Balaban J connectivity index is 1.43. The van der Waals surface area contributed by atoms with Gasteiger partial charge in [0.1, 0.15) is 12.9 Å². The summed E-state index contributed by atoms with van der Waals surface area (Å²) < 4.78 is 12.8. The van der Waals surface area contributed by atoms with Crippen LogP contribution in [0.2, 0.25) is 0 Å². The van der Waals surface area contributed by atoms with Gasteiger partial charge in [-0.25, -0.2) is 0 Å². The zero-order valence-corrected chi connectivity index (χ0v) is 17.7. The molecule has 10 nitrogen and oxygen atoms in total. The smallest absolute Gasteiger partial charge is 0.253 e. The molecule has 0 radical (unpaired) electrons. The van der Waals surface area contributed by atoms with E-state index in [0.29, 0.717) is 28.6 Å². The number of furan rings is 1. The molecule has 10 heteroatoms. The molecule has 0 saturated heterocycles. The number of nitrogens with one attached hydrogen (secondary N) is 1. The van der Waals surface area contributed by atoms with E-state index in [2.05, 4.69) is 25.6 Å². The number of nitrogens with zero attached hydrogens (tertiary/aromatic N) is 5. The summed E-state index contributed by atoms with van der Waals surface area (Å²) >= 11 is 0. The van der Waals surface area contributed by atoms with E-state index >= 15 is 0 Å². The summed E-state index contributed by atoms with van der Waals surface area (Å²) in [4.78, 5) is 16.5. The monoisotopic (exact) mass is 444 g/mol. The van der Waals surface area contributed by atoms with Crippen LogP contribution in [0.4, 0.5) is 0 Å². The Bertz CT molecular complexity index is 1410. The molecule has 166 valence electrons. The van der Waals surface area contributed by atoms with Crippen LogP contribution in [-0.2, 0) is 6.61 Å². The number of aliphatic hydroxyl groups excluding tert-OH is 1. The van der Waals surface area contributed by atoms with Crippen molar-refractivity contribution in [2.75, 3.05) is 6.61 Å². The minimum atomic E-state index is -0.334. The second kappa shape index (κ2) is 8.67. The van der Waals surface area contributed by atoms with Gasteiger partial charge in [-0.15, -0.1) is 15.3 Å². The summed E-state index contributed by atoms with van der Waals surface area (Å²) in [5.41, 5.74) is 2.40. The summed E-state index contributed by atoms with van der Waals surface area (Å²) in [6.45, 7) is 1.74. The second-order valence-corrected chi connectivity index (χ2v) is 7.51. The standard InChI is InChI=1S/C23H20N6O4/c1-14(11-30)25-22(31)15-6-7-17(24-10-15)13-33-23-19-5-3-2-4-18(19)21-27-26-20(29(21)28-23)16-8-9-32-12-16/h2-10,12,14,30H,11,13H2,1H3,(H,25,31)/t14-/m1/s1. The molecule has 2 N–H and O–H groups in total. The molecule has 0 fully saturated rings. The fourth-order valence-corrected chi connectivity index (χ4v) is 3.37. The number of fused-ring (bicyclic) bond motifs is 3. The number of carbonyl (C=O) groups is 1. The van der Waals surface area contributed by atoms with Crippen LogP contribution >= 0.6 is 0 Å². The predicted molar refractivity (Wildman–Crippen MR) is 119 cm³/mol. The molecule has 0 bridgehead atoms. The number of benzene rings is 1. The van der Waals surface area contributed by atoms with Crippen LogP contribution in [0.15, 0.2) is 65.6 Å². The van der Waals surface area contributed by atoms with Crippen LogP contribution in [-0.4, -0.2) is 48.5 Å². The summed E-state index contributed by atoms with van der Waals surface area (Å²) in [6, 6.07) is 12.5. The van der Waals surface area contributed by atoms with Crippen molar-refractivity contribution < 1.29 is 19.1 Å². The van der Waals surface area contributed by atoms with Crippen molar-refractivity contribution in [1.82, 2.24) is 30.1 Å². The molecule has 0 aliphatic rings. The number of amides is 1. The van der Waals surface area contributed by atoms with Gasteiger partial charge in [0.05, 0.1) is 29.7 Å². The number of hydrogen-bond donors (Lipinski definition) is 2. The highest BCUT2D eigenvalue weighted by Crippen LogP contribution is 2.29. The van der Waals surface area contributed by atoms with Crippen molar-refractivity contribution in [3.05, 3.63) is 72.4 Å². The molecule has 1 atom stereocenters. The first-order chi connectivity index (χ1) is 16.1. The number of hydrogen-bond acceptors (Lipinski definition) is 8. The number of rotatable bonds is 7. The van der Waals surface area contributed by atoms with E-state index in [9.17, 15) is 4.79 Å². The number of ether oxygens (including phenoxy) is 1. The second-order valence-electron chi connectivity index (χ2n) is 7.51. The Morgan fingerprint density at radius 2 is 2.03 bits per heavy atom. The van der Waals surface area contributed by atoms with Crippen LogP contribution in [0.25, 0.3) is 27.8 Å². The molecular weight excluding hydrogens is 424 g/mol. The third-order valence-corrected chi connectivity index (χ3v) is 5.10. The lowest BCUT2D eigenvalue weighted by Gasteiger charge is -2.11. The van der Waals surface area contributed by atoms with Crippen LogP contribution < -0.4 is 10.1 Å². The fourth-order valence-electron chi connectivity index (χ4n) is 3.37. The number of aromatic nitrogens is 5. The molecule has 0 aliphatic heterocycles. The Kier molecular flexibility index (Phi) is 5.41. The molecule has 5 rings (SSSR count). The Morgan fingerprint density at radius 3 is 2.76 bits per heavy atom. The minimum absolute atomic E-state index is 0.134. The summed E-state index contributed by atoms with van der Waals surface area (Å²) in [7, 11) is 0. The zero-order valence-electron chi connectivity index (χ0n) is 17.7. The first-order valence-electron chi connectivity index (χ1n) is 10.3. The third kappa shape index (κ3) is 3.99. The quantitative estimate of drug-likeness (QED) is 0.392. The van der Waals surface area contributed by atoms with Crippen LogP contribution in [0.1, 0.15) is 23.0 Å². The van der Waals surface area contributed by atoms with Crippen LogP contribution in [0.3, 0.4) is 0 Å². The van der Waals surface area contributed by atoms with E-state index in [4.69, 9.17) is 14.3 Å². The lowest BCUT2D eigenvalue weighted by atomic mass is 10.2. The molecule has 4 aromatic heterocycles. The number of carbonyl (C=O) groups excluding carboxylic acids is 1. The Morgan fingerprint density at radius 1 is 1.18 bits per heavy atom. The highest BCUT2D eigenvalue weighted by atomic mass is 16.5. The van der Waals surface area contributed by atoms with Gasteiger partial charge in [0.15, 0.2) is 11.5 Å². The maximum atomic E-state index is 12.2. The lowest BCUT2D eigenvalue weighted by molar-refractivity contribution is 0.0922. The third-order valence-electron chi connectivity index (χ3n) is 5.10. The molecule has 5 aromatic rings. The SMILES string of the molecule is C[C@H](CO)NC(=O)c1ccc(COc2nn3c(-c4ccoc4)nnc3c3ccccc23)nc1. The van der Waals surface area contributed by atoms with Gasteiger partial charge in [0, 0.05) is 23.0 Å². The average Bonchev–Trinajstić information content (AvgIpc) is 3.52. The van der Waals surface area contributed by atoms with Gasteiger partial charge in [0.25, 0.3) is 5.91 Å². The molecule has 0 aliphatic carbocycles. The fraction of sp³-hybridized carbons (Fsp3) is 0.174. The van der Waals surface area contributed by atoms with E-state index in [1.54, 1.807) is 42.2 Å². The first kappa shape index (κ1) is 20.6. The van der Waals surface area contributed by atoms with Gasteiger partial charge < -0.3 is 19.6 Å². The Hall–Kier alpha value is -4.31. The summed E-state index contributed by atoms with van der Waals surface area (Å²) in [6.07, 6.45) is 4.62. The molecule has 0 saturated carbocycles. The van der Waals surface area contributed by atoms with Crippen molar-refractivity contribution in [2.24, 2.45) is 0 Å². The summed E-state index contributed by atoms with van der Waals surface area (Å²) in [5.74, 6) is 0.650. The molecule has 0 spiro atoms. The van der Waals surface area contributed by atoms with E-state index in [1.807, 2.05) is 24.3 Å². The maximum Gasteiger partial charge on any atom is 0.253 e. The Labute approximate surface area is 187 Å². The van der Waals surface area contributed by atoms with Gasteiger partial charge in [-0.2, -0.15) is 4.52 Å². The number of pyridine rings is 1. The van der Waals surface area contributed by atoms with Gasteiger partial charge in [-0.05, 0) is 31.2 Å². The molecule has 33 heavy (non-hydrogen) atoms. The first-order valence-corrected chi connectivity index (χ1v) is 10.3. The highest BCUT2D eigenvalue weighted by Gasteiger charge is 2.17. The maximum absolute atomic E-state index is 12.2. The van der Waals surface area contributed by atoms with E-state index < -0.39 is 0 Å². The van der Waals surface area contributed by atoms with E-state index in [0.717, 1.165) is 16.3 Å². The zero-order chi connectivity index (χ0) is 22.8. The molecular formula is C23H20N6O4. The van der Waals surface area contributed by atoms with Crippen molar-refractivity contribution >= 4 is 22.3 Å². The van der Waals surface area contributed by atoms with Crippen molar-refractivity contribution in [1.29, 1.82) is 0 Å². The van der Waals surface area contributed by atoms with Crippen molar-refractivity contribution in [3.8, 4) is 17.3 Å². The van der Waals surface area contributed by atoms with E-state index in [1.165, 1.54) is 6.20 Å². The average molecular weight is 444 g/mol. The van der Waals surface area contributed by atoms with Crippen LogP contribution in [0.5, 0.6) is 5.88 Å². The van der Waals surface area contributed by atoms with Gasteiger partial charge in [-0.3, -0.25) is 9.78 Å². The normalized spacial score (nSPS) is 12.2. The minimum Gasteiger partial charge on any atom is -0.472 e. The largest absolute Gasteiger partial charge is 0.472 e. The molecule has 1 amide bonds. The van der Waals surface area contributed by atoms with Crippen LogP contribution in [0, 0.1) is 0 Å². The van der Waals surface area contributed by atoms with Crippen molar-refractivity contribution in [2.45, 2.75) is 19.6 Å². The molecule has 4 heterocycles. The molecule has 0 unspecified atom stereocenters. The number of aliphatic hydroxyl groups is 1. The van der Waals surface area contributed by atoms with Gasteiger partial charge in [-0.1, -0.05) is 18.2 Å². The van der Waals surface area contributed by atoms with Crippen molar-refractivity contribution in [3.63, 3.8) is 0 Å².